The van der Waals surface area contributed by atoms with Crippen molar-refractivity contribution in [1.82, 2.24) is 9.78 Å². The summed E-state index contributed by atoms with van der Waals surface area (Å²) in [5.74, 6) is -0.112. The van der Waals surface area contributed by atoms with Crippen LogP contribution in [-0.4, -0.2) is 35.2 Å². The number of carbonyl (C=O) groups excluding carboxylic acids is 2. The highest BCUT2D eigenvalue weighted by Gasteiger charge is 2.36. The minimum Gasteiger partial charge on any atom is -0.495 e. The molecule has 0 spiro atoms. The van der Waals surface area contributed by atoms with E-state index < -0.39 is 5.92 Å². The second kappa shape index (κ2) is 8.02. The van der Waals surface area contributed by atoms with E-state index in [4.69, 9.17) is 4.74 Å². The highest BCUT2D eigenvalue weighted by molar-refractivity contribution is 6.04. The van der Waals surface area contributed by atoms with E-state index in [1.54, 1.807) is 18.1 Å². The summed E-state index contributed by atoms with van der Waals surface area (Å²) < 4.78 is 7.18. The summed E-state index contributed by atoms with van der Waals surface area (Å²) in [5.41, 5.74) is 4.03. The van der Waals surface area contributed by atoms with Gasteiger partial charge < -0.3 is 15.0 Å². The van der Waals surface area contributed by atoms with Crippen molar-refractivity contribution >= 4 is 23.2 Å². The Hall–Kier alpha value is -3.61. The Morgan fingerprint density at radius 2 is 1.80 bits per heavy atom. The molecule has 4 rings (SSSR count). The van der Waals surface area contributed by atoms with Crippen molar-refractivity contribution in [2.45, 2.75) is 20.3 Å². The van der Waals surface area contributed by atoms with Gasteiger partial charge in [0.2, 0.25) is 11.8 Å². The SMILES string of the molecule is COc1ccccc1N1CC(C(=O)Nc2ccccc2-n2nc(C)cc2C)CC1=O. The molecule has 2 heterocycles. The maximum Gasteiger partial charge on any atom is 0.229 e. The number of para-hydroxylation sites is 4. The molecule has 30 heavy (non-hydrogen) atoms. The normalized spacial score (nSPS) is 16.0. The summed E-state index contributed by atoms with van der Waals surface area (Å²) >= 11 is 0. The van der Waals surface area contributed by atoms with Crippen molar-refractivity contribution in [3.05, 3.63) is 66.0 Å². The largest absolute Gasteiger partial charge is 0.495 e. The number of aromatic nitrogens is 2. The molecule has 2 amide bonds. The molecule has 7 heteroatoms. The zero-order valence-corrected chi connectivity index (χ0v) is 17.3. The number of nitrogens with one attached hydrogen (secondary N) is 1. The Bertz CT molecular complexity index is 1110. The first-order chi connectivity index (χ1) is 14.5. The number of anilines is 2. The Morgan fingerprint density at radius 3 is 2.50 bits per heavy atom. The molecule has 0 aliphatic carbocycles. The second-order valence-corrected chi connectivity index (χ2v) is 7.42. The van der Waals surface area contributed by atoms with Crippen LogP contribution in [0.25, 0.3) is 5.69 Å². The minimum absolute atomic E-state index is 0.0912. The number of benzene rings is 2. The number of amides is 2. The van der Waals surface area contributed by atoms with Gasteiger partial charge in [-0.05, 0) is 44.2 Å². The molecule has 1 aliphatic heterocycles. The van der Waals surface area contributed by atoms with Crippen LogP contribution < -0.4 is 15.0 Å². The molecule has 1 N–H and O–H groups in total. The molecule has 154 valence electrons. The Balaban J connectivity index is 1.55. The van der Waals surface area contributed by atoms with Crippen molar-refractivity contribution in [3.8, 4) is 11.4 Å². The van der Waals surface area contributed by atoms with Crippen molar-refractivity contribution in [2.24, 2.45) is 5.92 Å². The smallest absolute Gasteiger partial charge is 0.229 e. The minimum atomic E-state index is -0.448. The summed E-state index contributed by atoms with van der Waals surface area (Å²) in [4.78, 5) is 27.3. The molecule has 1 aromatic heterocycles. The van der Waals surface area contributed by atoms with E-state index in [0.29, 0.717) is 23.7 Å². The fraction of sp³-hybridized carbons (Fsp3) is 0.261. The molecule has 0 bridgehead atoms. The van der Waals surface area contributed by atoms with Gasteiger partial charge in [0.25, 0.3) is 0 Å². The van der Waals surface area contributed by atoms with Crippen LogP contribution >= 0.6 is 0 Å². The van der Waals surface area contributed by atoms with Gasteiger partial charge >= 0.3 is 0 Å². The fourth-order valence-electron chi connectivity index (χ4n) is 3.84. The van der Waals surface area contributed by atoms with Crippen molar-refractivity contribution < 1.29 is 14.3 Å². The van der Waals surface area contributed by atoms with Crippen molar-refractivity contribution in [2.75, 3.05) is 23.9 Å². The zero-order chi connectivity index (χ0) is 21.3. The van der Waals surface area contributed by atoms with Crippen LogP contribution in [0.3, 0.4) is 0 Å². The highest BCUT2D eigenvalue weighted by Crippen LogP contribution is 2.33. The molecule has 1 fully saturated rings. The van der Waals surface area contributed by atoms with Crippen LogP contribution in [0, 0.1) is 19.8 Å². The summed E-state index contributed by atoms with van der Waals surface area (Å²) in [6.07, 6.45) is 0.159. The number of hydrogen-bond donors (Lipinski definition) is 1. The van der Waals surface area contributed by atoms with E-state index in [-0.39, 0.29) is 18.2 Å². The lowest BCUT2D eigenvalue weighted by Gasteiger charge is -2.19. The number of aryl methyl sites for hydroxylation is 2. The number of nitrogens with zero attached hydrogens (tertiary/aromatic N) is 3. The Morgan fingerprint density at radius 1 is 1.10 bits per heavy atom. The summed E-state index contributed by atoms with van der Waals surface area (Å²) in [5, 5.41) is 7.52. The van der Waals surface area contributed by atoms with Gasteiger partial charge in [0.05, 0.1) is 35.8 Å². The molecule has 1 aliphatic rings. The number of ether oxygens (including phenoxy) is 1. The molecular weight excluding hydrogens is 380 g/mol. The van der Waals surface area contributed by atoms with E-state index >= 15 is 0 Å². The molecule has 1 saturated heterocycles. The zero-order valence-electron chi connectivity index (χ0n) is 17.3. The molecule has 2 aromatic carbocycles. The Kier molecular flexibility index (Phi) is 5.27. The van der Waals surface area contributed by atoms with Crippen LogP contribution in [0.5, 0.6) is 5.75 Å². The standard InChI is InChI=1S/C23H24N4O3/c1-15-12-16(2)27(25-15)19-9-5-4-8-18(19)24-23(29)17-13-22(28)26(14-17)20-10-6-7-11-21(20)30-3/h4-12,17H,13-14H2,1-3H3,(H,24,29). The van der Waals surface area contributed by atoms with E-state index in [9.17, 15) is 9.59 Å². The number of rotatable bonds is 5. The quantitative estimate of drug-likeness (QED) is 0.706. The molecule has 3 aromatic rings. The summed E-state index contributed by atoms with van der Waals surface area (Å²) in [6, 6.07) is 16.9. The maximum atomic E-state index is 13.0. The predicted molar refractivity (Wildman–Crippen MR) is 115 cm³/mol. The fourth-order valence-corrected chi connectivity index (χ4v) is 3.84. The average molecular weight is 404 g/mol. The van der Waals surface area contributed by atoms with Crippen LogP contribution in [0.1, 0.15) is 17.8 Å². The van der Waals surface area contributed by atoms with Gasteiger partial charge in [-0.1, -0.05) is 24.3 Å². The van der Waals surface area contributed by atoms with Crippen molar-refractivity contribution in [3.63, 3.8) is 0 Å². The molecule has 7 nitrogen and oxygen atoms in total. The lowest BCUT2D eigenvalue weighted by molar-refractivity contribution is -0.122. The summed E-state index contributed by atoms with van der Waals surface area (Å²) in [6.45, 7) is 4.22. The molecule has 0 saturated carbocycles. The van der Waals surface area contributed by atoms with Crippen LogP contribution in [0.2, 0.25) is 0 Å². The third kappa shape index (κ3) is 3.66. The first kappa shape index (κ1) is 19.7. The van der Waals surface area contributed by atoms with E-state index in [1.165, 1.54) is 0 Å². The molecule has 0 radical (unpaired) electrons. The number of carbonyl (C=O) groups is 2. The summed E-state index contributed by atoms with van der Waals surface area (Å²) in [7, 11) is 1.57. The van der Waals surface area contributed by atoms with Gasteiger partial charge in [-0.15, -0.1) is 0 Å². The van der Waals surface area contributed by atoms with Crippen molar-refractivity contribution in [1.29, 1.82) is 0 Å². The first-order valence-corrected chi connectivity index (χ1v) is 9.85. The second-order valence-electron chi connectivity index (χ2n) is 7.42. The maximum absolute atomic E-state index is 13.0. The first-order valence-electron chi connectivity index (χ1n) is 9.85. The van der Waals surface area contributed by atoms with Gasteiger partial charge in [0, 0.05) is 18.7 Å². The van der Waals surface area contributed by atoms with Gasteiger partial charge in [0.15, 0.2) is 0 Å². The van der Waals surface area contributed by atoms with E-state index in [2.05, 4.69) is 10.4 Å². The lowest BCUT2D eigenvalue weighted by atomic mass is 10.1. The third-order valence-corrected chi connectivity index (χ3v) is 5.27. The predicted octanol–water partition coefficient (Wildman–Crippen LogP) is 3.49. The van der Waals surface area contributed by atoms with Gasteiger partial charge in [-0.2, -0.15) is 5.10 Å². The van der Waals surface area contributed by atoms with Gasteiger partial charge in [-0.25, -0.2) is 4.68 Å². The number of hydrogen-bond acceptors (Lipinski definition) is 4. The molecule has 1 atom stereocenters. The lowest BCUT2D eigenvalue weighted by Crippen LogP contribution is -2.28. The average Bonchev–Trinajstić information content (AvgIpc) is 3.29. The molecule has 1 unspecified atom stereocenters. The van der Waals surface area contributed by atoms with Crippen LogP contribution in [0.15, 0.2) is 54.6 Å². The third-order valence-electron chi connectivity index (χ3n) is 5.27. The van der Waals surface area contributed by atoms with Crippen LogP contribution in [0.4, 0.5) is 11.4 Å². The molecular formula is C23H24N4O3. The van der Waals surface area contributed by atoms with E-state index in [0.717, 1.165) is 17.1 Å². The highest BCUT2D eigenvalue weighted by atomic mass is 16.5. The van der Waals surface area contributed by atoms with Crippen LogP contribution in [-0.2, 0) is 9.59 Å². The van der Waals surface area contributed by atoms with E-state index in [1.807, 2.05) is 67.1 Å². The van der Waals surface area contributed by atoms with Gasteiger partial charge in [-0.3, -0.25) is 9.59 Å². The number of methoxy groups -OCH3 is 1. The topological polar surface area (TPSA) is 76.5 Å². The Labute approximate surface area is 175 Å². The van der Waals surface area contributed by atoms with Gasteiger partial charge in [0.1, 0.15) is 5.75 Å². The monoisotopic (exact) mass is 404 g/mol.